The molecule has 0 amide bonds. The first-order chi connectivity index (χ1) is 4.93. The summed E-state index contributed by atoms with van der Waals surface area (Å²) in [4.78, 5) is 0. The molecule has 1 heterocycles. The topological polar surface area (TPSA) is 27.7 Å². The number of methoxy groups -OCH3 is 1. The Morgan fingerprint density at radius 2 is 2.20 bits per heavy atom. The van der Waals surface area contributed by atoms with Gasteiger partial charge in [0, 0.05) is 7.11 Å². The van der Waals surface area contributed by atoms with Crippen LogP contribution in [0.1, 0.15) is 13.8 Å². The standard InChI is InChI=1S/C5H10O3.C2H6/c1-6-2-5-3-7-4-8-5;1-2/h5H,2-4H2,1H3;1-2H3. The fourth-order valence-corrected chi connectivity index (χ4v) is 0.654. The molecule has 0 N–H and O–H groups in total. The second kappa shape index (κ2) is 6.99. The van der Waals surface area contributed by atoms with E-state index in [0.29, 0.717) is 20.0 Å². The van der Waals surface area contributed by atoms with E-state index in [0.717, 1.165) is 0 Å². The lowest BCUT2D eigenvalue weighted by atomic mass is 10.4. The molecule has 0 saturated carbocycles. The number of rotatable bonds is 2. The molecule has 0 aromatic heterocycles. The second-order valence-corrected chi connectivity index (χ2v) is 1.73. The lowest BCUT2D eigenvalue weighted by Crippen LogP contribution is -2.15. The molecule has 10 heavy (non-hydrogen) atoms. The van der Waals surface area contributed by atoms with Gasteiger partial charge in [-0.1, -0.05) is 13.8 Å². The lowest BCUT2D eigenvalue weighted by Gasteiger charge is -2.02. The molecule has 0 spiro atoms. The largest absolute Gasteiger partial charge is 0.382 e. The summed E-state index contributed by atoms with van der Waals surface area (Å²) in [5.74, 6) is 0. The van der Waals surface area contributed by atoms with Gasteiger partial charge in [-0.05, 0) is 0 Å². The smallest absolute Gasteiger partial charge is 0.147 e. The highest BCUT2D eigenvalue weighted by molar-refractivity contribution is 4.56. The average Bonchev–Trinajstić information content (AvgIpc) is 2.46. The Kier molecular flexibility index (Phi) is 6.91. The summed E-state index contributed by atoms with van der Waals surface area (Å²) < 4.78 is 14.8. The quantitative estimate of drug-likeness (QED) is 0.585. The first kappa shape index (κ1) is 9.88. The van der Waals surface area contributed by atoms with E-state index in [1.54, 1.807) is 7.11 Å². The molecule has 0 aromatic carbocycles. The van der Waals surface area contributed by atoms with Crippen molar-refractivity contribution in [3.05, 3.63) is 0 Å². The van der Waals surface area contributed by atoms with Crippen LogP contribution in [0.25, 0.3) is 0 Å². The second-order valence-electron chi connectivity index (χ2n) is 1.73. The van der Waals surface area contributed by atoms with Crippen molar-refractivity contribution in [3.63, 3.8) is 0 Å². The van der Waals surface area contributed by atoms with E-state index in [9.17, 15) is 0 Å². The SMILES string of the molecule is CC.COCC1COCO1. The van der Waals surface area contributed by atoms with Crippen molar-refractivity contribution >= 4 is 0 Å². The highest BCUT2D eigenvalue weighted by Gasteiger charge is 2.14. The molecule has 1 fully saturated rings. The van der Waals surface area contributed by atoms with Gasteiger partial charge in [0.25, 0.3) is 0 Å². The average molecular weight is 148 g/mol. The molecule has 1 aliphatic rings. The summed E-state index contributed by atoms with van der Waals surface area (Å²) in [6.07, 6.45) is 0.167. The fraction of sp³-hybridized carbons (Fsp3) is 1.00. The van der Waals surface area contributed by atoms with E-state index in [-0.39, 0.29) is 6.10 Å². The maximum absolute atomic E-state index is 5.05. The number of ether oxygens (including phenoxy) is 3. The Balaban J connectivity index is 0.000000371. The maximum Gasteiger partial charge on any atom is 0.147 e. The Labute approximate surface area is 62.3 Å². The van der Waals surface area contributed by atoms with Gasteiger partial charge in [0.1, 0.15) is 12.9 Å². The zero-order chi connectivity index (χ0) is 7.82. The Morgan fingerprint density at radius 1 is 1.50 bits per heavy atom. The first-order valence-corrected chi connectivity index (χ1v) is 3.62. The Bertz CT molecular complexity index is 59.9. The summed E-state index contributed by atoms with van der Waals surface area (Å²) in [5.41, 5.74) is 0. The van der Waals surface area contributed by atoms with Crippen molar-refractivity contribution in [2.24, 2.45) is 0 Å². The molecule has 62 valence electrons. The minimum absolute atomic E-state index is 0.167. The number of hydrogen-bond donors (Lipinski definition) is 0. The van der Waals surface area contributed by atoms with Crippen molar-refractivity contribution in [1.29, 1.82) is 0 Å². The highest BCUT2D eigenvalue weighted by Crippen LogP contribution is 2.01. The first-order valence-electron chi connectivity index (χ1n) is 3.62. The summed E-state index contributed by atoms with van der Waals surface area (Å²) >= 11 is 0. The molecule has 0 aliphatic carbocycles. The van der Waals surface area contributed by atoms with Gasteiger partial charge in [0.05, 0.1) is 13.2 Å². The van der Waals surface area contributed by atoms with E-state index in [2.05, 4.69) is 0 Å². The molecule has 0 bridgehead atoms. The van der Waals surface area contributed by atoms with Gasteiger partial charge in [-0.2, -0.15) is 0 Å². The molecule has 3 heteroatoms. The third kappa shape index (κ3) is 3.82. The normalized spacial score (nSPS) is 23.7. The van der Waals surface area contributed by atoms with Gasteiger partial charge < -0.3 is 14.2 Å². The van der Waals surface area contributed by atoms with Crippen LogP contribution in [-0.4, -0.2) is 33.2 Å². The van der Waals surface area contributed by atoms with Gasteiger partial charge in [-0.25, -0.2) is 0 Å². The van der Waals surface area contributed by atoms with Crippen molar-refractivity contribution in [2.75, 3.05) is 27.1 Å². The Morgan fingerprint density at radius 3 is 2.60 bits per heavy atom. The maximum atomic E-state index is 5.05. The van der Waals surface area contributed by atoms with Crippen molar-refractivity contribution in [1.82, 2.24) is 0 Å². The van der Waals surface area contributed by atoms with Gasteiger partial charge in [0.15, 0.2) is 0 Å². The van der Waals surface area contributed by atoms with E-state index < -0.39 is 0 Å². The van der Waals surface area contributed by atoms with Crippen LogP contribution in [0, 0.1) is 0 Å². The molecule has 1 atom stereocenters. The van der Waals surface area contributed by atoms with Crippen LogP contribution >= 0.6 is 0 Å². The Hall–Kier alpha value is -0.120. The van der Waals surface area contributed by atoms with Crippen LogP contribution < -0.4 is 0 Å². The predicted molar refractivity (Wildman–Crippen MR) is 38.9 cm³/mol. The van der Waals surface area contributed by atoms with E-state index in [1.807, 2.05) is 13.8 Å². The fourth-order valence-electron chi connectivity index (χ4n) is 0.654. The van der Waals surface area contributed by atoms with Crippen molar-refractivity contribution in [3.8, 4) is 0 Å². The van der Waals surface area contributed by atoms with E-state index >= 15 is 0 Å². The van der Waals surface area contributed by atoms with Crippen LogP contribution in [0.15, 0.2) is 0 Å². The molecule has 1 rings (SSSR count). The minimum Gasteiger partial charge on any atom is -0.382 e. The molecular weight excluding hydrogens is 132 g/mol. The van der Waals surface area contributed by atoms with Crippen LogP contribution in [-0.2, 0) is 14.2 Å². The number of hydrogen-bond acceptors (Lipinski definition) is 3. The van der Waals surface area contributed by atoms with Crippen LogP contribution in [0.4, 0.5) is 0 Å². The van der Waals surface area contributed by atoms with Crippen LogP contribution in [0.3, 0.4) is 0 Å². The molecule has 1 aliphatic heterocycles. The summed E-state index contributed by atoms with van der Waals surface area (Å²) in [6.45, 7) is 5.74. The van der Waals surface area contributed by atoms with Gasteiger partial charge in [0.2, 0.25) is 0 Å². The third-order valence-electron chi connectivity index (χ3n) is 1.04. The monoisotopic (exact) mass is 148 g/mol. The van der Waals surface area contributed by atoms with E-state index in [1.165, 1.54) is 0 Å². The molecular formula is C7H16O3. The highest BCUT2D eigenvalue weighted by atomic mass is 16.7. The molecule has 1 saturated heterocycles. The lowest BCUT2D eigenvalue weighted by molar-refractivity contribution is 0.0177. The minimum atomic E-state index is 0.167. The predicted octanol–water partition coefficient (Wildman–Crippen LogP) is 1.03. The van der Waals surface area contributed by atoms with Crippen molar-refractivity contribution < 1.29 is 14.2 Å². The molecule has 3 nitrogen and oxygen atoms in total. The van der Waals surface area contributed by atoms with Crippen LogP contribution in [0.5, 0.6) is 0 Å². The zero-order valence-corrected chi connectivity index (χ0v) is 6.92. The van der Waals surface area contributed by atoms with Crippen LogP contribution in [0.2, 0.25) is 0 Å². The summed E-state index contributed by atoms with van der Waals surface area (Å²) in [6, 6.07) is 0. The molecule has 0 radical (unpaired) electrons. The van der Waals surface area contributed by atoms with Crippen molar-refractivity contribution in [2.45, 2.75) is 20.0 Å². The summed E-state index contributed by atoms with van der Waals surface area (Å²) in [7, 11) is 1.65. The molecule has 0 aromatic rings. The molecule has 1 unspecified atom stereocenters. The van der Waals surface area contributed by atoms with Gasteiger partial charge >= 0.3 is 0 Å². The van der Waals surface area contributed by atoms with E-state index in [4.69, 9.17) is 14.2 Å². The third-order valence-corrected chi connectivity index (χ3v) is 1.04. The van der Waals surface area contributed by atoms with Gasteiger partial charge in [-0.15, -0.1) is 0 Å². The van der Waals surface area contributed by atoms with Gasteiger partial charge in [-0.3, -0.25) is 0 Å². The summed E-state index contributed by atoms with van der Waals surface area (Å²) in [5, 5.41) is 0. The zero-order valence-electron chi connectivity index (χ0n) is 6.92.